The molecule has 0 aromatic heterocycles. The zero-order chi connectivity index (χ0) is 22.0. The van der Waals surface area contributed by atoms with E-state index in [9.17, 15) is 19.5 Å². The number of nitrogens with zero attached hydrogens (tertiary/aromatic N) is 1. The average Bonchev–Trinajstić information content (AvgIpc) is 2.91. The van der Waals surface area contributed by atoms with Crippen LogP contribution in [0.25, 0.3) is 6.08 Å². The van der Waals surface area contributed by atoms with E-state index in [1.165, 1.54) is 13.2 Å². The minimum atomic E-state index is -0.539. The van der Waals surface area contributed by atoms with Crippen molar-refractivity contribution in [3.8, 4) is 11.5 Å². The highest BCUT2D eigenvalue weighted by molar-refractivity contribution is 14.1. The van der Waals surface area contributed by atoms with Crippen LogP contribution in [-0.4, -0.2) is 40.7 Å². The summed E-state index contributed by atoms with van der Waals surface area (Å²) in [7, 11) is 1.43. The summed E-state index contributed by atoms with van der Waals surface area (Å²) < 4.78 is 5.67. The van der Waals surface area contributed by atoms with Crippen molar-refractivity contribution in [3.63, 3.8) is 0 Å². The van der Waals surface area contributed by atoms with Gasteiger partial charge >= 0.3 is 0 Å². The van der Waals surface area contributed by atoms with Gasteiger partial charge in [0.05, 0.1) is 15.6 Å². The molecular weight excluding hydrogens is 519 g/mol. The predicted molar refractivity (Wildman–Crippen MR) is 125 cm³/mol. The molecule has 9 heteroatoms. The minimum Gasteiger partial charge on any atom is -0.504 e. The summed E-state index contributed by atoms with van der Waals surface area (Å²) >= 11 is 2.71. The largest absolute Gasteiger partial charge is 0.504 e. The fourth-order valence-electron chi connectivity index (χ4n) is 3.01. The van der Waals surface area contributed by atoms with E-state index in [1.54, 1.807) is 12.1 Å². The lowest BCUT2D eigenvalue weighted by molar-refractivity contribution is -0.127. The van der Waals surface area contributed by atoms with Crippen LogP contribution in [0.15, 0.2) is 35.2 Å². The van der Waals surface area contributed by atoms with Crippen molar-refractivity contribution in [2.45, 2.75) is 13.8 Å². The maximum atomic E-state index is 12.7. The van der Waals surface area contributed by atoms with Crippen molar-refractivity contribution in [3.05, 3.63) is 55.5 Å². The summed E-state index contributed by atoms with van der Waals surface area (Å²) in [5.41, 5.74) is 3.21. The van der Waals surface area contributed by atoms with E-state index in [0.29, 0.717) is 14.8 Å². The maximum Gasteiger partial charge on any atom is 0.294 e. The van der Waals surface area contributed by atoms with Crippen molar-refractivity contribution in [2.75, 3.05) is 19.0 Å². The normalized spacial score (nSPS) is 15.1. The number of phenolic OH excluding ortho intramolecular Hbond substituents is 1. The number of hydrogen-bond acceptors (Lipinski definition) is 6. The molecule has 30 heavy (non-hydrogen) atoms. The molecule has 3 amide bonds. The van der Waals surface area contributed by atoms with Crippen molar-refractivity contribution >= 4 is 63.2 Å². The molecule has 0 saturated carbocycles. The first kappa shape index (κ1) is 22.2. The van der Waals surface area contributed by atoms with Crippen LogP contribution in [0.5, 0.6) is 11.5 Å². The maximum absolute atomic E-state index is 12.7. The molecule has 2 N–H and O–H groups in total. The third-order valence-corrected chi connectivity index (χ3v) is 5.98. The van der Waals surface area contributed by atoms with Gasteiger partial charge in [-0.2, -0.15) is 0 Å². The van der Waals surface area contributed by atoms with Gasteiger partial charge in [0.1, 0.15) is 6.54 Å². The Kier molecular flexibility index (Phi) is 6.71. The van der Waals surface area contributed by atoms with E-state index in [0.717, 1.165) is 27.8 Å². The van der Waals surface area contributed by atoms with E-state index in [4.69, 9.17) is 4.74 Å². The number of aromatic hydroxyl groups is 1. The zero-order valence-electron chi connectivity index (χ0n) is 16.5. The molecule has 0 spiro atoms. The van der Waals surface area contributed by atoms with Gasteiger partial charge < -0.3 is 15.2 Å². The Labute approximate surface area is 191 Å². The Bertz CT molecular complexity index is 1060. The van der Waals surface area contributed by atoms with Crippen LogP contribution in [0.4, 0.5) is 10.5 Å². The molecule has 0 bridgehead atoms. The van der Waals surface area contributed by atoms with Gasteiger partial charge in [0.15, 0.2) is 11.5 Å². The molecule has 1 aliphatic rings. The van der Waals surface area contributed by atoms with E-state index in [-0.39, 0.29) is 22.9 Å². The lowest BCUT2D eigenvalue weighted by Crippen LogP contribution is -2.36. The molecule has 1 aliphatic heterocycles. The van der Waals surface area contributed by atoms with Crippen molar-refractivity contribution in [1.29, 1.82) is 0 Å². The van der Waals surface area contributed by atoms with Crippen LogP contribution in [-0.2, 0) is 9.59 Å². The number of amides is 3. The molecule has 2 aromatic carbocycles. The highest BCUT2D eigenvalue weighted by atomic mass is 127. The first-order valence-corrected chi connectivity index (χ1v) is 10.8. The van der Waals surface area contributed by atoms with Gasteiger partial charge in [-0.25, -0.2) is 0 Å². The lowest BCUT2D eigenvalue weighted by atomic mass is 10.1. The number of thioether (sulfide) groups is 1. The summed E-state index contributed by atoms with van der Waals surface area (Å²) in [6.45, 7) is 3.47. The van der Waals surface area contributed by atoms with Crippen molar-refractivity contribution in [2.24, 2.45) is 0 Å². The van der Waals surface area contributed by atoms with Crippen LogP contribution in [0.2, 0.25) is 0 Å². The second-order valence-corrected chi connectivity index (χ2v) is 8.90. The van der Waals surface area contributed by atoms with E-state index in [1.807, 2.05) is 54.6 Å². The summed E-state index contributed by atoms with van der Waals surface area (Å²) in [6.07, 6.45) is 1.54. The SMILES string of the molecule is COc1cc(/C=C2/SC(=O)N(CC(=O)Nc3cc(C)cc(C)c3)C2=O)cc(I)c1O. The van der Waals surface area contributed by atoms with Crippen LogP contribution < -0.4 is 10.1 Å². The summed E-state index contributed by atoms with van der Waals surface area (Å²) in [5.74, 6) is -0.723. The van der Waals surface area contributed by atoms with Gasteiger partial charge in [0.25, 0.3) is 11.1 Å². The van der Waals surface area contributed by atoms with Crippen LogP contribution in [0, 0.1) is 17.4 Å². The number of anilines is 1. The molecule has 0 atom stereocenters. The number of hydrogen-bond donors (Lipinski definition) is 2. The zero-order valence-corrected chi connectivity index (χ0v) is 19.5. The number of carbonyl (C=O) groups is 3. The molecular formula is C21H19IN2O5S. The Hall–Kier alpha value is -2.53. The summed E-state index contributed by atoms with van der Waals surface area (Å²) in [5, 5.41) is 12.2. The predicted octanol–water partition coefficient (Wildman–Crippen LogP) is 4.30. The molecule has 7 nitrogen and oxygen atoms in total. The van der Waals surface area contributed by atoms with Gasteiger partial charge in [-0.05, 0) is 95.2 Å². The van der Waals surface area contributed by atoms with Gasteiger partial charge in [-0.15, -0.1) is 0 Å². The van der Waals surface area contributed by atoms with E-state index < -0.39 is 17.1 Å². The quantitative estimate of drug-likeness (QED) is 0.436. The number of benzene rings is 2. The monoisotopic (exact) mass is 538 g/mol. The number of nitrogens with one attached hydrogen (secondary N) is 1. The summed E-state index contributed by atoms with van der Waals surface area (Å²) in [6, 6.07) is 8.85. The minimum absolute atomic E-state index is 0.00594. The highest BCUT2D eigenvalue weighted by Crippen LogP contribution is 2.36. The van der Waals surface area contributed by atoms with Crippen LogP contribution >= 0.6 is 34.4 Å². The molecule has 156 valence electrons. The summed E-state index contributed by atoms with van der Waals surface area (Å²) in [4.78, 5) is 38.5. The lowest BCUT2D eigenvalue weighted by Gasteiger charge is -2.13. The van der Waals surface area contributed by atoms with Crippen LogP contribution in [0.1, 0.15) is 16.7 Å². The van der Waals surface area contributed by atoms with Crippen molar-refractivity contribution < 1.29 is 24.2 Å². The molecule has 1 heterocycles. The number of carbonyl (C=O) groups excluding carboxylic acids is 3. The van der Waals surface area contributed by atoms with E-state index >= 15 is 0 Å². The van der Waals surface area contributed by atoms with Gasteiger partial charge in [-0.3, -0.25) is 19.3 Å². The smallest absolute Gasteiger partial charge is 0.294 e. The van der Waals surface area contributed by atoms with E-state index in [2.05, 4.69) is 5.32 Å². The standard InChI is InChI=1S/C21H19IN2O5S/c1-11-4-12(2)6-14(5-11)23-18(25)10-24-20(27)17(30-21(24)28)9-13-7-15(22)19(26)16(8-13)29-3/h4-9,26H,10H2,1-3H3,(H,23,25)/b17-9+. The molecule has 0 radical (unpaired) electrons. The third-order valence-electron chi connectivity index (χ3n) is 4.25. The third kappa shape index (κ3) is 4.96. The van der Waals surface area contributed by atoms with Gasteiger partial charge in [-0.1, -0.05) is 6.07 Å². The number of methoxy groups -OCH3 is 1. The number of halogens is 1. The Morgan fingerprint density at radius 1 is 1.20 bits per heavy atom. The second-order valence-electron chi connectivity index (χ2n) is 6.75. The number of phenols is 1. The van der Waals surface area contributed by atoms with Crippen molar-refractivity contribution in [1.82, 2.24) is 4.90 Å². The molecule has 2 aromatic rings. The fraction of sp³-hybridized carbons (Fsp3) is 0.190. The molecule has 1 saturated heterocycles. The fourth-order valence-corrected chi connectivity index (χ4v) is 4.48. The number of ether oxygens (including phenoxy) is 1. The first-order valence-electron chi connectivity index (χ1n) is 8.88. The van der Waals surface area contributed by atoms with Gasteiger partial charge in [0, 0.05) is 5.69 Å². The second kappa shape index (κ2) is 9.09. The highest BCUT2D eigenvalue weighted by Gasteiger charge is 2.36. The number of imide groups is 1. The molecule has 3 rings (SSSR count). The van der Waals surface area contributed by atoms with Crippen LogP contribution in [0.3, 0.4) is 0 Å². The topological polar surface area (TPSA) is 95.9 Å². The Morgan fingerprint density at radius 2 is 1.87 bits per heavy atom. The number of aryl methyl sites for hydroxylation is 2. The number of rotatable bonds is 5. The molecule has 1 fully saturated rings. The van der Waals surface area contributed by atoms with Gasteiger partial charge in [0.2, 0.25) is 5.91 Å². The molecule has 0 unspecified atom stereocenters. The average molecular weight is 538 g/mol. The Balaban J connectivity index is 1.75. The first-order chi connectivity index (χ1) is 14.2. The molecule has 0 aliphatic carbocycles. The Morgan fingerprint density at radius 3 is 2.50 bits per heavy atom.